The van der Waals surface area contributed by atoms with Crippen molar-refractivity contribution in [3.8, 4) is 0 Å². The Balaban J connectivity index is 2.30. The number of rotatable bonds is 1. The van der Waals surface area contributed by atoms with E-state index in [0.717, 1.165) is 0 Å². The Morgan fingerprint density at radius 1 is 2.00 bits per heavy atom. The number of hydrogen-bond donors (Lipinski definition) is 1. The van der Waals surface area contributed by atoms with Crippen molar-refractivity contribution < 1.29 is 9.63 Å². The lowest BCUT2D eigenvalue weighted by Crippen LogP contribution is -1.92. The number of carbonyl (C=O) groups is 1. The summed E-state index contributed by atoms with van der Waals surface area (Å²) < 4.78 is 0. The van der Waals surface area contributed by atoms with Gasteiger partial charge in [0.2, 0.25) is 0 Å². The van der Waals surface area contributed by atoms with Crippen LogP contribution in [0.4, 0.5) is 0 Å². The molecule has 0 heterocycles. The van der Waals surface area contributed by atoms with Crippen LogP contribution >= 0.6 is 0 Å². The van der Waals surface area contributed by atoms with E-state index in [0.29, 0.717) is 0 Å². The van der Waals surface area contributed by atoms with Gasteiger partial charge in [-0.3, -0.25) is 4.79 Å². The van der Waals surface area contributed by atoms with Gasteiger partial charge < -0.3 is 4.84 Å². The Kier molecular flexibility index (Phi) is 2.08. The van der Waals surface area contributed by atoms with E-state index in [2.05, 4.69) is 10.7 Å². The zero-order valence-electron chi connectivity index (χ0n) is 1.97. The summed E-state index contributed by atoms with van der Waals surface area (Å²) in [6.45, 7) is 0.153. The van der Waals surface area contributed by atoms with Gasteiger partial charge in [0.15, 0.2) is 0 Å². The van der Waals surface area contributed by atoms with Gasteiger partial charge in [-0.05, 0) is 0 Å². The van der Waals surface area contributed by atoms with Gasteiger partial charge in [-0.25, -0.2) is 0 Å². The molecule has 0 aromatic heterocycles. The van der Waals surface area contributed by atoms with Crippen LogP contribution in [0, 0.1) is 0 Å². The second-order valence-corrected chi connectivity index (χ2v) is 0.232. The Labute approximate surface area is 23.3 Å². The topological polar surface area (TPSA) is 52.3 Å². The Morgan fingerprint density at radius 3 is 2.25 bits per heavy atom. The third-order valence-corrected chi connectivity index (χ3v) is 0.0556. The van der Waals surface area contributed by atoms with E-state index in [-0.39, 0.29) is 6.47 Å². The lowest BCUT2D eigenvalue weighted by Gasteiger charge is -1.66. The highest BCUT2D eigenvalue weighted by atomic mass is 16.8. The molecule has 0 aromatic rings. The van der Waals surface area contributed by atoms with E-state index < -0.39 is 0 Å². The molecule has 0 amide bonds. The lowest BCUT2D eigenvalue weighted by molar-refractivity contribution is -0.129. The monoisotopic (exact) mass is 63.0 g/mol. The van der Waals surface area contributed by atoms with E-state index in [1.807, 2.05) is 0 Å². The fraction of sp³-hybridized carbons (Fsp3) is 0. The van der Waals surface area contributed by atoms with E-state index in [4.69, 9.17) is 4.79 Å². The number of carbonyl (C=O) groups excluding carboxylic acids is 1. The van der Waals surface area contributed by atoms with E-state index in [1.54, 1.807) is 0 Å². The molecule has 2 N–H and O–H groups in total. The summed E-state index contributed by atoms with van der Waals surface area (Å²) in [5.74, 6) is 4.16. The van der Waals surface area contributed by atoms with Crippen LogP contribution in [-0.2, 0) is 9.63 Å². The zero-order valence-corrected chi connectivity index (χ0v) is 1.97. The second-order valence-electron chi connectivity index (χ2n) is 0.232. The summed E-state index contributed by atoms with van der Waals surface area (Å²) in [4.78, 5) is 12.2. The molecule has 0 aromatic carbocycles. The molecule has 0 aliphatic heterocycles. The van der Waals surface area contributed by atoms with Crippen LogP contribution in [0.3, 0.4) is 0 Å². The van der Waals surface area contributed by atoms with E-state index in [1.165, 1.54) is 0 Å². The summed E-state index contributed by atoms with van der Waals surface area (Å²) in [6.07, 6.45) is 0. The smallest absolute Gasteiger partial charge is 0.312 e. The SMILES string of the molecule is NO[14CH]=O. The minimum Gasteiger partial charge on any atom is -0.376 e. The molecule has 0 atom stereocenters. The van der Waals surface area contributed by atoms with Crippen LogP contribution in [0.5, 0.6) is 0 Å². The summed E-state index contributed by atoms with van der Waals surface area (Å²) in [7, 11) is 0. The molecule has 0 saturated carbocycles. The molecule has 0 bridgehead atoms. The van der Waals surface area contributed by atoms with Gasteiger partial charge in [0.1, 0.15) is 0 Å². The van der Waals surface area contributed by atoms with Crippen molar-refractivity contribution in [1.82, 2.24) is 0 Å². The van der Waals surface area contributed by atoms with E-state index >= 15 is 0 Å². The van der Waals surface area contributed by atoms with Crippen LogP contribution in [0.25, 0.3) is 0 Å². The molecule has 0 aliphatic carbocycles. The van der Waals surface area contributed by atoms with Crippen molar-refractivity contribution in [2.75, 3.05) is 0 Å². The number of nitrogens with two attached hydrogens (primary N) is 1. The first-order valence-electron chi connectivity index (χ1n) is 0.707. The first-order chi connectivity index (χ1) is 1.91. The van der Waals surface area contributed by atoms with Gasteiger partial charge in [0.25, 0.3) is 0 Å². The maximum atomic E-state index is 8.83. The van der Waals surface area contributed by atoms with Crippen molar-refractivity contribution >= 4 is 6.47 Å². The molecular formula is CH3NO2. The molecule has 0 radical (unpaired) electrons. The van der Waals surface area contributed by atoms with Crippen LogP contribution < -0.4 is 5.90 Å². The molecule has 4 heavy (non-hydrogen) atoms. The van der Waals surface area contributed by atoms with Crippen LogP contribution in [0.2, 0.25) is 0 Å². The average Bonchev–Trinajstić information content (AvgIpc) is 1.37. The van der Waals surface area contributed by atoms with Crippen molar-refractivity contribution in [2.24, 2.45) is 5.90 Å². The Hall–Kier alpha value is -0.570. The molecule has 3 nitrogen and oxygen atoms in total. The molecule has 0 spiro atoms. The minimum absolute atomic E-state index is 0.153. The van der Waals surface area contributed by atoms with Crippen molar-refractivity contribution in [3.63, 3.8) is 0 Å². The highest BCUT2D eigenvalue weighted by Crippen LogP contribution is 1.24. The quantitative estimate of drug-likeness (QED) is 0.315. The first kappa shape index (κ1) is 3.43. The maximum absolute atomic E-state index is 8.83. The molecule has 0 aliphatic rings. The van der Waals surface area contributed by atoms with Crippen molar-refractivity contribution in [1.29, 1.82) is 0 Å². The summed E-state index contributed by atoms with van der Waals surface area (Å²) in [5.41, 5.74) is 0. The second kappa shape index (κ2) is 2.43. The van der Waals surface area contributed by atoms with Crippen LogP contribution in [-0.4, -0.2) is 6.47 Å². The zero-order chi connectivity index (χ0) is 3.41. The summed E-state index contributed by atoms with van der Waals surface area (Å²) >= 11 is 0. The Bertz CT molecular complexity index is 20.0. The normalized spacial score (nSPS) is 5.25. The van der Waals surface area contributed by atoms with Gasteiger partial charge >= 0.3 is 6.47 Å². The Morgan fingerprint density at radius 2 is 2.25 bits per heavy atom. The van der Waals surface area contributed by atoms with Gasteiger partial charge in [-0.1, -0.05) is 0 Å². The standard InChI is InChI=1S/CH3NO2/c2-4-1-3/h1H,2H2/i1+2. The summed E-state index contributed by atoms with van der Waals surface area (Å²) in [5, 5.41) is 0. The lowest BCUT2D eigenvalue weighted by atomic mass is 13.2. The molecule has 0 rings (SSSR count). The van der Waals surface area contributed by atoms with Gasteiger partial charge in [-0.15, -0.1) is 0 Å². The van der Waals surface area contributed by atoms with Crippen molar-refractivity contribution in [2.45, 2.75) is 0 Å². The minimum atomic E-state index is 0.153. The third-order valence-electron chi connectivity index (χ3n) is 0.0556. The van der Waals surface area contributed by atoms with E-state index in [9.17, 15) is 0 Å². The van der Waals surface area contributed by atoms with Gasteiger partial charge in [0.05, 0.1) is 0 Å². The molecule has 3 heteroatoms. The first-order valence-corrected chi connectivity index (χ1v) is 0.707. The van der Waals surface area contributed by atoms with Crippen LogP contribution in [0.1, 0.15) is 0 Å². The third kappa shape index (κ3) is 1.43. The van der Waals surface area contributed by atoms with Gasteiger partial charge in [0, 0.05) is 0 Å². The van der Waals surface area contributed by atoms with Crippen molar-refractivity contribution in [3.05, 3.63) is 0 Å². The molecular weight excluding hydrogens is 60.0 g/mol. The molecule has 0 fully saturated rings. The predicted octanol–water partition coefficient (Wildman–Crippen LogP) is -0.967. The highest BCUT2D eigenvalue weighted by Gasteiger charge is 1.44. The fourth-order valence-electron chi connectivity index (χ4n) is 0. The average molecular weight is 63.0 g/mol. The molecule has 24 valence electrons. The largest absolute Gasteiger partial charge is 0.376 e. The fourth-order valence-corrected chi connectivity index (χ4v) is 0. The highest BCUT2D eigenvalue weighted by molar-refractivity contribution is 5.35. The molecule has 0 saturated heterocycles. The van der Waals surface area contributed by atoms with Crippen LogP contribution in [0.15, 0.2) is 0 Å². The number of hydrogen-bond acceptors (Lipinski definition) is 3. The van der Waals surface area contributed by atoms with Gasteiger partial charge in [-0.2, -0.15) is 5.90 Å². The maximum Gasteiger partial charge on any atom is 0.312 e. The predicted molar refractivity (Wildman–Crippen MR) is 11.3 cm³/mol. The summed E-state index contributed by atoms with van der Waals surface area (Å²) in [6, 6.07) is 0. The molecule has 0 unspecified atom stereocenters.